The first-order valence-electron chi connectivity index (χ1n) is 6.40. The molecule has 104 valence electrons. The predicted molar refractivity (Wildman–Crippen MR) is 80.6 cm³/mol. The smallest absolute Gasteiger partial charge is 0.0636 e. The average Bonchev–Trinajstić information content (AvgIpc) is 2.32. The Morgan fingerprint density at radius 1 is 1.17 bits per heavy atom. The van der Waals surface area contributed by atoms with Crippen molar-refractivity contribution in [1.82, 2.24) is 5.32 Å². The molecular formula is C14H25ClN2O. The molecule has 0 radical (unpaired) electrons. The summed E-state index contributed by atoms with van der Waals surface area (Å²) < 4.78 is 0. The van der Waals surface area contributed by atoms with Gasteiger partial charge in [-0.1, -0.05) is 12.1 Å². The SMILES string of the molecule is CCN(CC)c1ccc(CNCC(C)O)cc1.Cl. The molecule has 0 heterocycles. The number of nitrogens with one attached hydrogen (secondary N) is 1. The second kappa shape index (κ2) is 9.20. The number of nitrogens with zero attached hydrogens (tertiary/aromatic N) is 1. The summed E-state index contributed by atoms with van der Waals surface area (Å²) in [6.07, 6.45) is -0.287. The van der Waals surface area contributed by atoms with E-state index < -0.39 is 0 Å². The quantitative estimate of drug-likeness (QED) is 0.800. The first-order chi connectivity index (χ1) is 8.17. The van der Waals surface area contributed by atoms with Crippen LogP contribution in [-0.4, -0.2) is 30.8 Å². The normalized spacial score (nSPS) is 11.8. The number of aliphatic hydroxyl groups is 1. The third-order valence-electron chi connectivity index (χ3n) is 2.83. The zero-order valence-corrected chi connectivity index (χ0v) is 12.3. The summed E-state index contributed by atoms with van der Waals surface area (Å²) in [6.45, 7) is 9.65. The minimum Gasteiger partial charge on any atom is -0.392 e. The maximum absolute atomic E-state index is 9.14. The topological polar surface area (TPSA) is 35.5 Å². The van der Waals surface area contributed by atoms with Gasteiger partial charge in [-0.15, -0.1) is 12.4 Å². The largest absolute Gasteiger partial charge is 0.392 e. The van der Waals surface area contributed by atoms with Gasteiger partial charge in [0.1, 0.15) is 0 Å². The van der Waals surface area contributed by atoms with Crippen LogP contribution in [0.4, 0.5) is 5.69 Å². The molecular weight excluding hydrogens is 248 g/mol. The minimum atomic E-state index is -0.287. The first kappa shape index (κ1) is 17.2. The van der Waals surface area contributed by atoms with Crippen LogP contribution in [0.2, 0.25) is 0 Å². The van der Waals surface area contributed by atoms with Crippen molar-refractivity contribution in [2.75, 3.05) is 24.5 Å². The molecule has 1 rings (SSSR count). The van der Waals surface area contributed by atoms with Crippen molar-refractivity contribution >= 4 is 18.1 Å². The minimum absolute atomic E-state index is 0. The molecule has 0 saturated heterocycles. The summed E-state index contributed by atoms with van der Waals surface area (Å²) in [5.74, 6) is 0. The summed E-state index contributed by atoms with van der Waals surface area (Å²) in [5, 5.41) is 12.4. The zero-order valence-electron chi connectivity index (χ0n) is 11.5. The van der Waals surface area contributed by atoms with E-state index >= 15 is 0 Å². The number of benzene rings is 1. The van der Waals surface area contributed by atoms with Gasteiger partial charge in [-0.2, -0.15) is 0 Å². The molecule has 18 heavy (non-hydrogen) atoms. The Bertz CT molecular complexity index is 310. The molecule has 1 aromatic carbocycles. The molecule has 0 bridgehead atoms. The van der Waals surface area contributed by atoms with E-state index in [1.807, 2.05) is 0 Å². The summed E-state index contributed by atoms with van der Waals surface area (Å²) in [6, 6.07) is 8.60. The predicted octanol–water partition coefficient (Wildman–Crippen LogP) is 2.43. The molecule has 0 aromatic heterocycles. The zero-order chi connectivity index (χ0) is 12.7. The van der Waals surface area contributed by atoms with E-state index in [-0.39, 0.29) is 18.5 Å². The highest BCUT2D eigenvalue weighted by Gasteiger charge is 2.01. The Morgan fingerprint density at radius 2 is 1.72 bits per heavy atom. The van der Waals surface area contributed by atoms with Gasteiger partial charge in [-0.05, 0) is 38.5 Å². The summed E-state index contributed by atoms with van der Waals surface area (Å²) >= 11 is 0. The van der Waals surface area contributed by atoms with E-state index in [0.717, 1.165) is 19.6 Å². The van der Waals surface area contributed by atoms with Crippen molar-refractivity contribution in [2.24, 2.45) is 0 Å². The summed E-state index contributed by atoms with van der Waals surface area (Å²) in [7, 11) is 0. The van der Waals surface area contributed by atoms with Gasteiger partial charge in [-0.25, -0.2) is 0 Å². The third-order valence-corrected chi connectivity index (χ3v) is 2.83. The van der Waals surface area contributed by atoms with Gasteiger partial charge in [0.2, 0.25) is 0 Å². The molecule has 1 aromatic rings. The van der Waals surface area contributed by atoms with Gasteiger partial charge in [0.25, 0.3) is 0 Å². The van der Waals surface area contributed by atoms with Crippen LogP contribution in [0.1, 0.15) is 26.3 Å². The number of hydrogen-bond donors (Lipinski definition) is 2. The molecule has 1 atom stereocenters. The molecule has 0 aliphatic heterocycles. The van der Waals surface area contributed by atoms with E-state index in [2.05, 4.69) is 48.3 Å². The number of anilines is 1. The molecule has 0 amide bonds. The van der Waals surface area contributed by atoms with Gasteiger partial charge in [0, 0.05) is 31.9 Å². The highest BCUT2D eigenvalue weighted by Crippen LogP contribution is 2.14. The van der Waals surface area contributed by atoms with Crippen LogP contribution in [0, 0.1) is 0 Å². The van der Waals surface area contributed by atoms with E-state index in [4.69, 9.17) is 5.11 Å². The van der Waals surface area contributed by atoms with Crippen molar-refractivity contribution in [3.63, 3.8) is 0 Å². The molecule has 0 spiro atoms. The number of rotatable bonds is 7. The molecule has 4 heteroatoms. The van der Waals surface area contributed by atoms with E-state index in [1.165, 1.54) is 11.3 Å². The van der Waals surface area contributed by atoms with Crippen LogP contribution in [-0.2, 0) is 6.54 Å². The van der Waals surface area contributed by atoms with Crippen LogP contribution in [0.15, 0.2) is 24.3 Å². The van der Waals surface area contributed by atoms with Crippen LogP contribution in [0.3, 0.4) is 0 Å². The summed E-state index contributed by atoms with van der Waals surface area (Å²) in [4.78, 5) is 2.33. The van der Waals surface area contributed by atoms with Gasteiger partial charge >= 0.3 is 0 Å². The maximum atomic E-state index is 9.14. The highest BCUT2D eigenvalue weighted by atomic mass is 35.5. The van der Waals surface area contributed by atoms with E-state index in [9.17, 15) is 0 Å². The van der Waals surface area contributed by atoms with E-state index in [0.29, 0.717) is 6.54 Å². The lowest BCUT2D eigenvalue weighted by atomic mass is 10.2. The van der Waals surface area contributed by atoms with Gasteiger partial charge < -0.3 is 15.3 Å². The molecule has 3 nitrogen and oxygen atoms in total. The molecule has 2 N–H and O–H groups in total. The second-order valence-corrected chi connectivity index (χ2v) is 4.32. The standard InChI is InChI=1S/C14H24N2O.ClH/c1-4-16(5-2)14-8-6-13(7-9-14)11-15-10-12(3)17;/h6-9,12,15,17H,4-5,10-11H2,1-3H3;1H. The molecule has 0 aliphatic rings. The Kier molecular flexibility index (Phi) is 8.81. The van der Waals surface area contributed by atoms with Crippen LogP contribution >= 0.6 is 12.4 Å². The fourth-order valence-electron chi connectivity index (χ4n) is 1.84. The molecule has 1 unspecified atom stereocenters. The van der Waals surface area contributed by atoms with Crippen LogP contribution in [0.5, 0.6) is 0 Å². The molecule has 0 aliphatic carbocycles. The fourth-order valence-corrected chi connectivity index (χ4v) is 1.84. The van der Waals surface area contributed by atoms with Crippen molar-refractivity contribution in [3.8, 4) is 0 Å². The number of halogens is 1. The van der Waals surface area contributed by atoms with Crippen molar-refractivity contribution < 1.29 is 5.11 Å². The Morgan fingerprint density at radius 3 is 2.17 bits per heavy atom. The lowest BCUT2D eigenvalue weighted by molar-refractivity contribution is 0.191. The number of hydrogen-bond acceptors (Lipinski definition) is 3. The van der Waals surface area contributed by atoms with Crippen molar-refractivity contribution in [1.29, 1.82) is 0 Å². The number of aliphatic hydroxyl groups excluding tert-OH is 1. The summed E-state index contributed by atoms with van der Waals surface area (Å²) in [5.41, 5.74) is 2.52. The van der Waals surface area contributed by atoms with E-state index in [1.54, 1.807) is 6.92 Å². The van der Waals surface area contributed by atoms with Crippen LogP contribution < -0.4 is 10.2 Å². The Balaban J connectivity index is 0.00000289. The highest BCUT2D eigenvalue weighted by molar-refractivity contribution is 5.85. The van der Waals surface area contributed by atoms with Gasteiger partial charge in [0.15, 0.2) is 0 Å². The molecule has 0 saturated carbocycles. The monoisotopic (exact) mass is 272 g/mol. The second-order valence-electron chi connectivity index (χ2n) is 4.32. The van der Waals surface area contributed by atoms with Crippen LogP contribution in [0.25, 0.3) is 0 Å². The van der Waals surface area contributed by atoms with Crippen molar-refractivity contribution in [3.05, 3.63) is 29.8 Å². The third kappa shape index (κ3) is 5.71. The fraction of sp³-hybridized carbons (Fsp3) is 0.571. The molecule has 0 fully saturated rings. The lowest BCUT2D eigenvalue weighted by Crippen LogP contribution is -2.24. The Hall–Kier alpha value is -0.770. The maximum Gasteiger partial charge on any atom is 0.0636 e. The Labute approximate surface area is 117 Å². The van der Waals surface area contributed by atoms with Gasteiger partial charge in [0.05, 0.1) is 6.10 Å². The first-order valence-corrected chi connectivity index (χ1v) is 6.40. The lowest BCUT2D eigenvalue weighted by Gasteiger charge is -2.21. The van der Waals surface area contributed by atoms with Gasteiger partial charge in [-0.3, -0.25) is 0 Å². The van der Waals surface area contributed by atoms with Crippen molar-refractivity contribution in [2.45, 2.75) is 33.4 Å². The average molecular weight is 273 g/mol.